The average molecular weight is 427 g/mol. The second-order valence-electron chi connectivity index (χ2n) is 7.60. The first-order chi connectivity index (χ1) is 14.9. The molecule has 1 aromatic heterocycles. The number of hydrogen-bond donors (Lipinski definition) is 1. The van der Waals surface area contributed by atoms with Crippen LogP contribution in [0.25, 0.3) is 11.3 Å². The Kier molecular flexibility index (Phi) is 5.99. The van der Waals surface area contributed by atoms with Gasteiger partial charge < -0.3 is 14.7 Å². The molecular weight excluding hydrogens is 404 g/mol. The Bertz CT molecular complexity index is 1070. The van der Waals surface area contributed by atoms with Crippen LogP contribution in [0, 0.1) is 11.6 Å². The van der Waals surface area contributed by atoms with Crippen LogP contribution in [-0.4, -0.2) is 51.0 Å². The monoisotopic (exact) mass is 427 g/mol. The van der Waals surface area contributed by atoms with Crippen molar-refractivity contribution in [3.63, 3.8) is 0 Å². The fourth-order valence-electron chi connectivity index (χ4n) is 3.74. The lowest BCUT2D eigenvalue weighted by molar-refractivity contribution is 0.0348. The van der Waals surface area contributed by atoms with Crippen LogP contribution < -0.4 is 4.74 Å². The number of nitrogens with zero attached hydrogens (tertiary/aromatic N) is 3. The van der Waals surface area contributed by atoms with Crippen molar-refractivity contribution in [3.8, 4) is 17.0 Å². The van der Waals surface area contributed by atoms with Gasteiger partial charge in [0.15, 0.2) is 5.69 Å². The van der Waals surface area contributed by atoms with Crippen molar-refractivity contribution in [2.45, 2.75) is 25.0 Å². The lowest BCUT2D eigenvalue weighted by Gasteiger charge is -2.21. The molecule has 0 bridgehead atoms. The molecule has 1 N–H and O–H groups in total. The van der Waals surface area contributed by atoms with E-state index in [1.165, 1.54) is 24.3 Å². The van der Waals surface area contributed by atoms with Crippen LogP contribution in [0.15, 0.2) is 54.6 Å². The zero-order chi connectivity index (χ0) is 22.0. The van der Waals surface area contributed by atoms with Gasteiger partial charge in [-0.15, -0.1) is 0 Å². The van der Waals surface area contributed by atoms with Gasteiger partial charge in [-0.1, -0.05) is 6.07 Å². The number of aliphatic hydroxyl groups is 1. The normalized spacial score (nSPS) is 19.2. The second-order valence-corrected chi connectivity index (χ2v) is 7.60. The van der Waals surface area contributed by atoms with Gasteiger partial charge in [0.05, 0.1) is 11.8 Å². The summed E-state index contributed by atoms with van der Waals surface area (Å²) in [6, 6.07) is 13.4. The van der Waals surface area contributed by atoms with Crippen molar-refractivity contribution in [3.05, 3.63) is 71.9 Å². The van der Waals surface area contributed by atoms with Crippen molar-refractivity contribution < 1.29 is 23.4 Å². The summed E-state index contributed by atoms with van der Waals surface area (Å²) in [7, 11) is 1.73. The molecule has 0 aliphatic carbocycles. The molecule has 0 unspecified atom stereocenters. The fraction of sp³-hybridized carbons (Fsp3) is 0.304. The third-order valence-corrected chi connectivity index (χ3v) is 5.42. The van der Waals surface area contributed by atoms with E-state index in [1.54, 1.807) is 47.0 Å². The standard InChI is InChI=1S/C23H23F2N3O3/c1-27-20(15-5-7-16(24)8-6-15)14-19(26-27)23(30)28-11-9-21(29)22(10-12-28)31-18-4-2-3-17(25)13-18/h2-8,13-14,21-22,29H,9-12H2,1H3/t21-,22-/m0/s1. The molecule has 0 radical (unpaired) electrons. The van der Waals surface area contributed by atoms with E-state index in [2.05, 4.69) is 5.10 Å². The molecule has 1 fully saturated rings. The third kappa shape index (κ3) is 4.74. The van der Waals surface area contributed by atoms with E-state index < -0.39 is 18.0 Å². The van der Waals surface area contributed by atoms with Gasteiger partial charge in [0.1, 0.15) is 23.5 Å². The van der Waals surface area contributed by atoms with E-state index in [0.29, 0.717) is 37.4 Å². The summed E-state index contributed by atoms with van der Waals surface area (Å²) >= 11 is 0. The highest BCUT2D eigenvalue weighted by atomic mass is 19.1. The van der Waals surface area contributed by atoms with Crippen molar-refractivity contribution in [2.75, 3.05) is 13.1 Å². The van der Waals surface area contributed by atoms with Gasteiger partial charge in [0.2, 0.25) is 0 Å². The van der Waals surface area contributed by atoms with Crippen LogP contribution in [-0.2, 0) is 7.05 Å². The van der Waals surface area contributed by atoms with E-state index in [-0.39, 0.29) is 17.4 Å². The van der Waals surface area contributed by atoms with Crippen LogP contribution in [0.4, 0.5) is 8.78 Å². The molecule has 31 heavy (non-hydrogen) atoms. The summed E-state index contributed by atoms with van der Waals surface area (Å²) < 4.78 is 34.0. The van der Waals surface area contributed by atoms with Crippen molar-refractivity contribution in [2.24, 2.45) is 7.05 Å². The average Bonchev–Trinajstić information content (AvgIpc) is 3.04. The first-order valence-corrected chi connectivity index (χ1v) is 10.1. The Labute approximate surface area is 178 Å². The highest BCUT2D eigenvalue weighted by Gasteiger charge is 2.30. The number of benzene rings is 2. The lowest BCUT2D eigenvalue weighted by Crippen LogP contribution is -2.33. The lowest BCUT2D eigenvalue weighted by atomic mass is 10.1. The second kappa shape index (κ2) is 8.85. The van der Waals surface area contributed by atoms with Crippen molar-refractivity contribution >= 4 is 5.91 Å². The number of likely N-dealkylation sites (tertiary alicyclic amines) is 1. The highest BCUT2D eigenvalue weighted by Crippen LogP contribution is 2.24. The number of rotatable bonds is 4. The third-order valence-electron chi connectivity index (χ3n) is 5.42. The Morgan fingerprint density at radius 1 is 1.06 bits per heavy atom. The predicted octanol–water partition coefficient (Wildman–Crippen LogP) is 3.41. The summed E-state index contributed by atoms with van der Waals surface area (Å²) in [5, 5.41) is 14.8. The molecule has 162 valence electrons. The van der Waals surface area contributed by atoms with E-state index in [9.17, 15) is 18.7 Å². The summed E-state index contributed by atoms with van der Waals surface area (Å²) in [5.74, 6) is -0.648. The molecule has 3 aromatic rings. The molecule has 0 spiro atoms. The number of aryl methyl sites for hydroxylation is 1. The maximum atomic E-state index is 13.4. The zero-order valence-corrected chi connectivity index (χ0v) is 17.0. The smallest absolute Gasteiger partial charge is 0.274 e. The minimum Gasteiger partial charge on any atom is -0.488 e. The number of carbonyl (C=O) groups is 1. The summed E-state index contributed by atoms with van der Waals surface area (Å²) in [6.45, 7) is 0.726. The van der Waals surface area contributed by atoms with Gasteiger partial charge in [-0.2, -0.15) is 5.10 Å². The molecule has 8 heteroatoms. The summed E-state index contributed by atoms with van der Waals surface area (Å²) in [6.07, 6.45) is -0.581. The van der Waals surface area contributed by atoms with Gasteiger partial charge in [-0.3, -0.25) is 9.48 Å². The molecule has 1 aliphatic rings. The molecule has 2 atom stereocenters. The number of aromatic nitrogens is 2. The summed E-state index contributed by atoms with van der Waals surface area (Å²) in [4.78, 5) is 14.7. The van der Waals surface area contributed by atoms with Crippen LogP contribution in [0.5, 0.6) is 5.75 Å². The molecule has 2 heterocycles. The van der Waals surface area contributed by atoms with E-state index in [1.807, 2.05) is 0 Å². The Hall–Kier alpha value is -3.26. The molecule has 6 nitrogen and oxygen atoms in total. The van der Waals surface area contributed by atoms with Gasteiger partial charge in [-0.05, 0) is 54.4 Å². The van der Waals surface area contributed by atoms with Crippen LogP contribution in [0.1, 0.15) is 23.3 Å². The van der Waals surface area contributed by atoms with Gasteiger partial charge in [0.25, 0.3) is 5.91 Å². The number of halogens is 2. The quantitative estimate of drug-likeness (QED) is 0.693. The number of aliphatic hydroxyl groups excluding tert-OH is 1. The fourth-order valence-corrected chi connectivity index (χ4v) is 3.74. The minimum atomic E-state index is -0.778. The zero-order valence-electron chi connectivity index (χ0n) is 17.0. The maximum absolute atomic E-state index is 13.4. The molecule has 1 aliphatic heterocycles. The van der Waals surface area contributed by atoms with Crippen LogP contribution >= 0.6 is 0 Å². The number of carbonyl (C=O) groups excluding carboxylic acids is 1. The maximum Gasteiger partial charge on any atom is 0.274 e. The van der Waals surface area contributed by atoms with E-state index >= 15 is 0 Å². The molecule has 2 aromatic carbocycles. The minimum absolute atomic E-state index is 0.248. The highest BCUT2D eigenvalue weighted by molar-refractivity contribution is 5.93. The topological polar surface area (TPSA) is 67.6 Å². The van der Waals surface area contributed by atoms with Crippen molar-refractivity contribution in [1.29, 1.82) is 0 Å². The first kappa shape index (κ1) is 21.0. The Morgan fingerprint density at radius 2 is 1.81 bits per heavy atom. The van der Waals surface area contributed by atoms with E-state index in [0.717, 1.165) is 5.56 Å². The largest absolute Gasteiger partial charge is 0.488 e. The summed E-state index contributed by atoms with van der Waals surface area (Å²) in [5.41, 5.74) is 1.73. The van der Waals surface area contributed by atoms with E-state index in [4.69, 9.17) is 4.74 Å². The van der Waals surface area contributed by atoms with Crippen LogP contribution in [0.2, 0.25) is 0 Å². The number of ether oxygens (including phenoxy) is 1. The number of hydrogen-bond acceptors (Lipinski definition) is 4. The van der Waals surface area contributed by atoms with Gasteiger partial charge >= 0.3 is 0 Å². The molecule has 0 saturated carbocycles. The molecule has 1 saturated heterocycles. The van der Waals surface area contributed by atoms with Gasteiger partial charge in [-0.25, -0.2) is 8.78 Å². The predicted molar refractivity (Wildman–Crippen MR) is 111 cm³/mol. The SMILES string of the molecule is Cn1nc(C(=O)N2CC[C@H](Oc3cccc(F)c3)[C@@H](O)CC2)cc1-c1ccc(F)cc1. The van der Waals surface area contributed by atoms with Gasteiger partial charge in [0, 0.05) is 32.6 Å². The number of amides is 1. The first-order valence-electron chi connectivity index (χ1n) is 10.1. The Morgan fingerprint density at radius 3 is 2.55 bits per heavy atom. The molecule has 4 rings (SSSR count). The van der Waals surface area contributed by atoms with Crippen LogP contribution in [0.3, 0.4) is 0 Å². The van der Waals surface area contributed by atoms with Crippen molar-refractivity contribution in [1.82, 2.24) is 14.7 Å². The molecule has 1 amide bonds. The molecular formula is C23H23F2N3O3. The Balaban J connectivity index is 1.46.